The highest BCUT2D eigenvalue weighted by Gasteiger charge is 2.00. The molecule has 0 saturated heterocycles. The van der Waals surface area contributed by atoms with Gasteiger partial charge in [-0.3, -0.25) is 4.79 Å². The van der Waals surface area contributed by atoms with Crippen LogP contribution < -0.4 is 0 Å². The summed E-state index contributed by atoms with van der Waals surface area (Å²) in [6.45, 7) is 0. The van der Waals surface area contributed by atoms with E-state index in [1.54, 1.807) is 0 Å². The van der Waals surface area contributed by atoms with E-state index in [0.29, 0.717) is 12.8 Å². The lowest BCUT2D eigenvalue weighted by atomic mass is 10.1. The van der Waals surface area contributed by atoms with Crippen LogP contribution in [0.15, 0.2) is 30.3 Å². The van der Waals surface area contributed by atoms with E-state index in [1.807, 2.05) is 30.3 Å². The number of carbonyl (C=O) groups excluding carboxylic acids is 1. The smallest absolute Gasteiger partial charge is 0.317 e. The summed E-state index contributed by atoms with van der Waals surface area (Å²) in [5.41, 5.74) is 1.14. The van der Waals surface area contributed by atoms with Crippen LogP contribution >= 0.6 is 12.9 Å². The minimum absolute atomic E-state index is 0.290. The Labute approximate surface area is 77.2 Å². The lowest BCUT2D eigenvalue weighted by Crippen LogP contribution is -1.98. The van der Waals surface area contributed by atoms with Gasteiger partial charge < -0.3 is 4.18 Å². The molecular weight excluding hydrogens is 172 g/mol. The first-order valence-corrected chi connectivity index (χ1v) is 4.07. The number of benzene rings is 1. The van der Waals surface area contributed by atoms with Crippen LogP contribution in [0.4, 0.5) is 0 Å². The maximum atomic E-state index is 10.7. The number of aryl methyl sites for hydroxylation is 1. The standard InChI is InChI=1S/C9H10O2S/c10-9(11-12)7-6-8-4-2-1-3-5-8/h1-5,12H,6-7H2. The van der Waals surface area contributed by atoms with E-state index >= 15 is 0 Å². The third-order valence-corrected chi connectivity index (χ3v) is 1.77. The highest BCUT2D eigenvalue weighted by molar-refractivity contribution is 7.75. The van der Waals surface area contributed by atoms with Crippen molar-refractivity contribution in [3.05, 3.63) is 35.9 Å². The second-order valence-electron chi connectivity index (χ2n) is 2.45. The van der Waals surface area contributed by atoms with Gasteiger partial charge in [0.2, 0.25) is 0 Å². The largest absolute Gasteiger partial charge is 0.395 e. The van der Waals surface area contributed by atoms with E-state index in [-0.39, 0.29) is 5.97 Å². The van der Waals surface area contributed by atoms with E-state index in [9.17, 15) is 4.79 Å². The third kappa shape index (κ3) is 2.96. The molecule has 0 aliphatic heterocycles. The quantitative estimate of drug-likeness (QED) is 0.571. The van der Waals surface area contributed by atoms with E-state index in [1.165, 1.54) is 0 Å². The van der Waals surface area contributed by atoms with Gasteiger partial charge >= 0.3 is 5.97 Å². The first-order valence-electron chi connectivity index (χ1n) is 3.71. The molecule has 12 heavy (non-hydrogen) atoms. The van der Waals surface area contributed by atoms with Gasteiger partial charge in [-0.25, -0.2) is 0 Å². The van der Waals surface area contributed by atoms with Crippen molar-refractivity contribution >= 4 is 18.9 Å². The summed E-state index contributed by atoms with van der Waals surface area (Å²) in [6, 6.07) is 9.79. The van der Waals surface area contributed by atoms with Crippen molar-refractivity contribution in [2.75, 3.05) is 0 Å². The van der Waals surface area contributed by atoms with Gasteiger partial charge in [-0.15, -0.1) is 0 Å². The Morgan fingerprint density at radius 3 is 2.58 bits per heavy atom. The average molecular weight is 182 g/mol. The maximum absolute atomic E-state index is 10.7. The zero-order valence-corrected chi connectivity index (χ0v) is 7.46. The predicted molar refractivity (Wildman–Crippen MR) is 49.8 cm³/mol. The van der Waals surface area contributed by atoms with Gasteiger partial charge in [0, 0.05) is 12.9 Å². The molecule has 0 aromatic heterocycles. The molecule has 0 atom stereocenters. The van der Waals surface area contributed by atoms with Crippen LogP contribution in [-0.4, -0.2) is 5.97 Å². The SMILES string of the molecule is O=C(CCc1ccccc1)OS. The van der Waals surface area contributed by atoms with Crippen molar-refractivity contribution in [3.63, 3.8) is 0 Å². The van der Waals surface area contributed by atoms with E-state index in [2.05, 4.69) is 17.1 Å². The molecule has 2 nitrogen and oxygen atoms in total. The van der Waals surface area contributed by atoms with Crippen molar-refractivity contribution < 1.29 is 8.98 Å². The summed E-state index contributed by atoms with van der Waals surface area (Å²) >= 11 is 3.41. The molecule has 0 unspecified atom stereocenters. The Kier molecular flexibility index (Phi) is 3.67. The molecule has 0 heterocycles. The Balaban J connectivity index is 2.38. The summed E-state index contributed by atoms with van der Waals surface area (Å²) in [6.07, 6.45) is 1.09. The van der Waals surface area contributed by atoms with Crippen LogP contribution in [-0.2, 0) is 15.4 Å². The molecule has 3 heteroatoms. The second kappa shape index (κ2) is 4.83. The van der Waals surface area contributed by atoms with E-state index in [0.717, 1.165) is 5.56 Å². The van der Waals surface area contributed by atoms with Crippen LogP contribution in [0.3, 0.4) is 0 Å². The summed E-state index contributed by atoms with van der Waals surface area (Å²) < 4.78 is 4.23. The summed E-state index contributed by atoms with van der Waals surface area (Å²) in [7, 11) is 0. The molecule has 0 radical (unpaired) electrons. The van der Waals surface area contributed by atoms with Crippen LogP contribution in [0.1, 0.15) is 12.0 Å². The van der Waals surface area contributed by atoms with Gasteiger partial charge in [0.15, 0.2) is 0 Å². The van der Waals surface area contributed by atoms with Crippen LogP contribution in [0, 0.1) is 0 Å². The molecule has 0 saturated carbocycles. The number of rotatable bonds is 3. The zero-order valence-electron chi connectivity index (χ0n) is 6.56. The number of carbonyl (C=O) groups is 1. The van der Waals surface area contributed by atoms with Crippen molar-refractivity contribution in [1.29, 1.82) is 0 Å². The monoisotopic (exact) mass is 182 g/mol. The zero-order chi connectivity index (χ0) is 8.81. The topological polar surface area (TPSA) is 26.3 Å². The molecule has 1 rings (SSSR count). The normalized spacial score (nSPS) is 9.42. The minimum Gasteiger partial charge on any atom is -0.395 e. The first kappa shape index (κ1) is 9.13. The Bertz CT molecular complexity index is 246. The van der Waals surface area contributed by atoms with Crippen molar-refractivity contribution in [1.82, 2.24) is 0 Å². The number of hydrogen-bond acceptors (Lipinski definition) is 3. The summed E-state index contributed by atoms with van der Waals surface area (Å²) in [5.74, 6) is -0.290. The fraction of sp³-hybridized carbons (Fsp3) is 0.222. The summed E-state index contributed by atoms with van der Waals surface area (Å²) in [5, 5.41) is 0. The highest BCUT2D eigenvalue weighted by Crippen LogP contribution is 2.03. The number of thiol groups is 1. The fourth-order valence-corrected chi connectivity index (χ4v) is 1.03. The summed E-state index contributed by atoms with van der Waals surface area (Å²) in [4.78, 5) is 10.7. The molecule has 1 aromatic carbocycles. The van der Waals surface area contributed by atoms with E-state index < -0.39 is 0 Å². The lowest BCUT2D eigenvalue weighted by molar-refractivity contribution is -0.132. The highest BCUT2D eigenvalue weighted by atomic mass is 32.1. The fourth-order valence-electron chi connectivity index (χ4n) is 0.937. The lowest BCUT2D eigenvalue weighted by Gasteiger charge is -1.97. The maximum Gasteiger partial charge on any atom is 0.317 e. The van der Waals surface area contributed by atoms with Crippen LogP contribution in [0.5, 0.6) is 0 Å². The molecule has 1 aromatic rings. The molecule has 0 fully saturated rings. The van der Waals surface area contributed by atoms with Crippen LogP contribution in [0.25, 0.3) is 0 Å². The van der Waals surface area contributed by atoms with Crippen molar-refractivity contribution in [3.8, 4) is 0 Å². The molecule has 0 aliphatic carbocycles. The Morgan fingerprint density at radius 2 is 2.00 bits per heavy atom. The van der Waals surface area contributed by atoms with Gasteiger partial charge in [-0.1, -0.05) is 30.3 Å². The average Bonchev–Trinajstić information content (AvgIpc) is 2.16. The Morgan fingerprint density at radius 1 is 1.33 bits per heavy atom. The third-order valence-electron chi connectivity index (χ3n) is 1.56. The molecule has 0 N–H and O–H groups in total. The van der Waals surface area contributed by atoms with Gasteiger partial charge in [0.1, 0.15) is 0 Å². The number of hydrogen-bond donors (Lipinski definition) is 1. The van der Waals surface area contributed by atoms with Gasteiger partial charge in [-0.2, -0.15) is 0 Å². The molecule has 0 bridgehead atoms. The first-order chi connectivity index (χ1) is 5.83. The Hall–Kier alpha value is -0.960. The molecule has 64 valence electrons. The minimum atomic E-state index is -0.290. The van der Waals surface area contributed by atoms with E-state index in [4.69, 9.17) is 0 Å². The molecule has 0 amide bonds. The molecule has 0 spiro atoms. The van der Waals surface area contributed by atoms with Gasteiger partial charge in [0.05, 0.1) is 6.42 Å². The van der Waals surface area contributed by atoms with Crippen molar-refractivity contribution in [2.24, 2.45) is 0 Å². The molecular formula is C9H10O2S. The predicted octanol–water partition coefficient (Wildman–Crippen LogP) is 2.01. The van der Waals surface area contributed by atoms with Gasteiger partial charge in [-0.05, 0) is 12.0 Å². The van der Waals surface area contributed by atoms with Gasteiger partial charge in [0.25, 0.3) is 0 Å². The molecule has 0 aliphatic rings. The second-order valence-corrected chi connectivity index (χ2v) is 2.63. The van der Waals surface area contributed by atoms with Crippen molar-refractivity contribution in [2.45, 2.75) is 12.8 Å². The van der Waals surface area contributed by atoms with Crippen LogP contribution in [0.2, 0.25) is 0 Å².